The summed E-state index contributed by atoms with van der Waals surface area (Å²) in [6, 6.07) is 0. The third kappa shape index (κ3) is 2.10. The van der Waals surface area contributed by atoms with E-state index < -0.39 is 34.5 Å². The highest BCUT2D eigenvalue weighted by Gasteiger charge is 2.45. The summed E-state index contributed by atoms with van der Waals surface area (Å²) in [6.07, 6.45) is -5.64. The van der Waals surface area contributed by atoms with Crippen LogP contribution < -0.4 is 0 Å². The second-order valence-electron chi connectivity index (χ2n) is 2.71. The van der Waals surface area contributed by atoms with Crippen molar-refractivity contribution < 1.29 is 30.0 Å². The lowest BCUT2D eigenvalue weighted by molar-refractivity contribution is -0.242. The van der Waals surface area contributed by atoms with E-state index in [-0.39, 0.29) is 0 Å². The van der Waals surface area contributed by atoms with E-state index in [1.54, 1.807) is 22.6 Å². The van der Waals surface area contributed by atoms with Gasteiger partial charge in [-0.15, -0.1) is 0 Å². The Morgan fingerprint density at radius 3 is 2.23 bits per heavy atom. The van der Waals surface area contributed by atoms with E-state index in [1.807, 2.05) is 0 Å². The van der Waals surface area contributed by atoms with Crippen molar-refractivity contribution >= 4 is 28.6 Å². The molecule has 6 nitrogen and oxygen atoms in total. The highest BCUT2D eigenvalue weighted by atomic mass is 127. The Hall–Kier alpha value is 0.0400. The van der Waals surface area contributed by atoms with Crippen molar-refractivity contribution in [3.05, 3.63) is 0 Å². The summed E-state index contributed by atoms with van der Waals surface area (Å²) in [5, 5.41) is 36.1. The smallest absolute Gasteiger partial charge is 0.335 e. The summed E-state index contributed by atoms with van der Waals surface area (Å²) >= 11 is 1.67. The quantitative estimate of drug-likeness (QED) is 0.340. The topological polar surface area (TPSA) is 107 Å². The van der Waals surface area contributed by atoms with Gasteiger partial charge in [-0.3, -0.25) is 0 Å². The van der Waals surface area contributed by atoms with Gasteiger partial charge in [-0.1, -0.05) is 22.6 Å². The average Bonchev–Trinajstić information content (AvgIpc) is 2.07. The number of hydrogen-bond acceptors (Lipinski definition) is 5. The maximum atomic E-state index is 10.5. The zero-order valence-corrected chi connectivity index (χ0v) is 8.53. The molecule has 0 bridgehead atoms. The molecule has 1 aliphatic heterocycles. The minimum Gasteiger partial charge on any atom is -0.479 e. The van der Waals surface area contributed by atoms with Crippen LogP contribution >= 0.6 is 22.6 Å². The normalized spacial score (nSPS) is 46.0. The predicted molar refractivity (Wildman–Crippen MR) is 48.3 cm³/mol. The predicted octanol–water partition coefficient (Wildman–Crippen LogP) is -1.69. The van der Waals surface area contributed by atoms with E-state index in [0.29, 0.717) is 0 Å². The fraction of sp³-hybridized carbons (Fsp3) is 0.833. The number of carboxylic acid groups (broad SMARTS) is 1. The maximum absolute atomic E-state index is 10.5. The number of halogens is 1. The Kier molecular flexibility index (Phi) is 3.46. The number of ether oxygens (including phenoxy) is 1. The van der Waals surface area contributed by atoms with E-state index >= 15 is 0 Å². The molecule has 76 valence electrons. The second-order valence-corrected chi connectivity index (χ2v) is 4.15. The molecule has 0 aromatic carbocycles. The standard InChI is InChI=1S/C6H9IO6/c7-1-2(8)4(5(10)11)13-6(12)3(1)9/h1-4,6,8-9,12H,(H,10,11)/t1-,2+,3-,4-,6-/m1/s1. The van der Waals surface area contributed by atoms with E-state index in [1.165, 1.54) is 0 Å². The first-order valence-corrected chi connectivity index (χ1v) is 4.76. The molecule has 13 heavy (non-hydrogen) atoms. The van der Waals surface area contributed by atoms with Gasteiger partial charge in [0.1, 0.15) is 12.2 Å². The lowest BCUT2D eigenvalue weighted by atomic mass is 10.0. The monoisotopic (exact) mass is 304 g/mol. The molecule has 1 heterocycles. The van der Waals surface area contributed by atoms with Crippen LogP contribution in [0.25, 0.3) is 0 Å². The van der Waals surface area contributed by atoms with Gasteiger partial charge < -0.3 is 25.2 Å². The van der Waals surface area contributed by atoms with Crippen LogP contribution in [0.4, 0.5) is 0 Å². The highest BCUT2D eigenvalue weighted by Crippen LogP contribution is 2.25. The third-order valence-electron chi connectivity index (χ3n) is 1.78. The minimum atomic E-state index is -1.56. The van der Waals surface area contributed by atoms with Crippen molar-refractivity contribution in [1.29, 1.82) is 0 Å². The molecule has 4 N–H and O–H groups in total. The SMILES string of the molecule is O=C(O)[C@@H]1O[C@@H](O)[C@H](O)[C@H](I)[C@@H]1O. The van der Waals surface area contributed by atoms with Gasteiger partial charge in [0.05, 0.1) is 3.92 Å². The second kappa shape index (κ2) is 4.05. The van der Waals surface area contributed by atoms with E-state index in [2.05, 4.69) is 4.74 Å². The Morgan fingerprint density at radius 2 is 1.77 bits per heavy atom. The molecule has 1 saturated heterocycles. The molecular formula is C6H9IO6. The summed E-state index contributed by atoms with van der Waals surface area (Å²) in [6.45, 7) is 0. The van der Waals surface area contributed by atoms with Crippen LogP contribution in [0.1, 0.15) is 0 Å². The molecule has 1 rings (SSSR count). The highest BCUT2D eigenvalue weighted by molar-refractivity contribution is 14.1. The van der Waals surface area contributed by atoms with Crippen LogP contribution in [0.3, 0.4) is 0 Å². The number of carboxylic acids is 1. The van der Waals surface area contributed by atoms with Crippen LogP contribution in [0.5, 0.6) is 0 Å². The van der Waals surface area contributed by atoms with E-state index in [9.17, 15) is 15.0 Å². The molecule has 1 aliphatic rings. The van der Waals surface area contributed by atoms with Crippen LogP contribution in [-0.4, -0.2) is 54.9 Å². The molecule has 0 amide bonds. The van der Waals surface area contributed by atoms with Gasteiger partial charge in [0, 0.05) is 0 Å². The summed E-state index contributed by atoms with van der Waals surface area (Å²) in [5.74, 6) is -1.36. The van der Waals surface area contributed by atoms with Crippen molar-refractivity contribution in [2.24, 2.45) is 0 Å². The van der Waals surface area contributed by atoms with Gasteiger partial charge in [0.2, 0.25) is 0 Å². The first kappa shape index (κ1) is 11.1. The van der Waals surface area contributed by atoms with E-state index in [0.717, 1.165) is 0 Å². The molecule has 7 heteroatoms. The number of carbonyl (C=O) groups is 1. The van der Waals surface area contributed by atoms with Gasteiger partial charge in [0.25, 0.3) is 0 Å². The molecule has 0 aliphatic carbocycles. The number of alkyl halides is 1. The fourth-order valence-corrected chi connectivity index (χ4v) is 1.77. The lowest BCUT2D eigenvalue weighted by Gasteiger charge is -2.36. The Labute approximate surface area is 87.3 Å². The molecule has 0 aromatic rings. The molecule has 0 spiro atoms. The summed E-state index contributed by atoms with van der Waals surface area (Å²) < 4.78 is 3.73. The fourth-order valence-electron chi connectivity index (χ4n) is 1.04. The molecular weight excluding hydrogens is 295 g/mol. The van der Waals surface area contributed by atoms with Crippen LogP contribution in [0.15, 0.2) is 0 Å². The maximum Gasteiger partial charge on any atom is 0.335 e. The van der Waals surface area contributed by atoms with Crippen LogP contribution in [0, 0.1) is 0 Å². The number of aliphatic hydroxyl groups excluding tert-OH is 3. The van der Waals surface area contributed by atoms with Crippen molar-refractivity contribution in [3.8, 4) is 0 Å². The minimum absolute atomic E-state index is 0.762. The third-order valence-corrected chi connectivity index (χ3v) is 3.26. The summed E-state index contributed by atoms with van der Waals surface area (Å²) in [7, 11) is 0. The summed E-state index contributed by atoms with van der Waals surface area (Å²) in [5.41, 5.74) is 0. The number of hydrogen-bond donors (Lipinski definition) is 4. The van der Waals surface area contributed by atoms with Crippen molar-refractivity contribution in [3.63, 3.8) is 0 Å². The van der Waals surface area contributed by atoms with Gasteiger partial charge in [0.15, 0.2) is 12.4 Å². The van der Waals surface area contributed by atoms with Crippen LogP contribution in [-0.2, 0) is 9.53 Å². The molecule has 0 radical (unpaired) electrons. The van der Waals surface area contributed by atoms with Gasteiger partial charge in [-0.2, -0.15) is 0 Å². The lowest BCUT2D eigenvalue weighted by Crippen LogP contribution is -2.57. The van der Waals surface area contributed by atoms with Gasteiger partial charge in [-0.25, -0.2) is 4.79 Å². The van der Waals surface area contributed by atoms with Gasteiger partial charge in [-0.05, 0) is 0 Å². The zero-order valence-electron chi connectivity index (χ0n) is 6.37. The molecule has 0 unspecified atom stereocenters. The van der Waals surface area contributed by atoms with E-state index in [4.69, 9.17) is 10.2 Å². The number of aliphatic hydroxyl groups is 3. The largest absolute Gasteiger partial charge is 0.479 e. The Bertz CT molecular complexity index is 209. The number of aliphatic carboxylic acids is 1. The van der Waals surface area contributed by atoms with Crippen molar-refractivity contribution in [2.75, 3.05) is 0 Å². The van der Waals surface area contributed by atoms with Crippen molar-refractivity contribution in [2.45, 2.75) is 28.5 Å². The van der Waals surface area contributed by atoms with Crippen molar-refractivity contribution in [1.82, 2.24) is 0 Å². The Balaban J connectivity index is 2.76. The molecule has 1 fully saturated rings. The first-order valence-electron chi connectivity index (χ1n) is 3.51. The molecule has 5 atom stereocenters. The Morgan fingerprint density at radius 1 is 1.23 bits per heavy atom. The first-order chi connectivity index (χ1) is 5.95. The summed E-state index contributed by atoms with van der Waals surface area (Å²) in [4.78, 5) is 10.5. The zero-order chi connectivity index (χ0) is 10.2. The molecule has 0 saturated carbocycles. The average molecular weight is 304 g/mol. The molecule has 0 aromatic heterocycles. The van der Waals surface area contributed by atoms with Gasteiger partial charge >= 0.3 is 5.97 Å². The number of rotatable bonds is 1. The van der Waals surface area contributed by atoms with Crippen LogP contribution in [0.2, 0.25) is 0 Å².